The van der Waals surface area contributed by atoms with Crippen LogP contribution < -0.4 is 5.73 Å². The molecule has 1 heterocycles. The summed E-state index contributed by atoms with van der Waals surface area (Å²) in [4.78, 5) is 2.25. The molecule has 4 nitrogen and oxygen atoms in total. The third-order valence-corrected chi connectivity index (χ3v) is 3.03. The molecular weight excluding hydrogens is 188 g/mol. The largest absolute Gasteiger partial charge is 0.329 e. The minimum atomic E-state index is 0.0260. The lowest BCUT2D eigenvalue weighted by atomic mass is 10.0. The first-order valence-electron chi connectivity index (χ1n) is 5.27. The van der Waals surface area contributed by atoms with Crippen LogP contribution in [-0.4, -0.2) is 33.8 Å². The second-order valence-electron chi connectivity index (χ2n) is 4.77. The van der Waals surface area contributed by atoms with E-state index in [0.29, 0.717) is 6.54 Å². The first-order valence-corrected chi connectivity index (χ1v) is 5.27. The highest BCUT2D eigenvalue weighted by Crippen LogP contribution is 2.14. The van der Waals surface area contributed by atoms with Gasteiger partial charge in [0.2, 0.25) is 0 Å². The molecule has 0 aliphatic carbocycles. The van der Waals surface area contributed by atoms with Crippen LogP contribution in [0.15, 0.2) is 6.07 Å². The Hall–Kier alpha value is -0.870. The van der Waals surface area contributed by atoms with Gasteiger partial charge in [0.1, 0.15) is 0 Å². The average Bonchev–Trinajstić information content (AvgIpc) is 2.45. The van der Waals surface area contributed by atoms with Gasteiger partial charge in [-0.15, -0.1) is 0 Å². The lowest BCUT2D eigenvalue weighted by molar-refractivity contribution is 0.152. The van der Waals surface area contributed by atoms with Crippen molar-refractivity contribution < 1.29 is 0 Å². The maximum Gasteiger partial charge on any atom is 0.0597 e. The maximum absolute atomic E-state index is 5.74. The van der Waals surface area contributed by atoms with Crippen LogP contribution >= 0.6 is 0 Å². The van der Waals surface area contributed by atoms with Crippen molar-refractivity contribution >= 4 is 0 Å². The number of likely N-dealkylation sites (N-methyl/N-ethyl adjacent to an activating group) is 1. The predicted molar refractivity (Wildman–Crippen MR) is 62.5 cm³/mol. The fourth-order valence-corrected chi connectivity index (χ4v) is 1.43. The lowest BCUT2D eigenvalue weighted by Gasteiger charge is -2.34. The normalized spacial score (nSPS) is 12.5. The summed E-state index contributed by atoms with van der Waals surface area (Å²) in [6, 6.07) is 2.11. The van der Waals surface area contributed by atoms with Gasteiger partial charge in [-0.3, -0.25) is 9.58 Å². The van der Waals surface area contributed by atoms with Crippen LogP contribution in [-0.2, 0) is 13.6 Å². The first kappa shape index (κ1) is 12.2. The van der Waals surface area contributed by atoms with E-state index in [2.05, 4.69) is 37.0 Å². The fraction of sp³-hybridized carbons (Fsp3) is 0.727. The number of aromatic nitrogens is 2. The molecule has 1 rings (SSSR count). The molecule has 0 unspecified atom stereocenters. The first-order chi connectivity index (χ1) is 6.86. The van der Waals surface area contributed by atoms with Crippen LogP contribution in [0.25, 0.3) is 0 Å². The summed E-state index contributed by atoms with van der Waals surface area (Å²) in [6.45, 7) is 7.84. The van der Waals surface area contributed by atoms with Gasteiger partial charge >= 0.3 is 0 Å². The van der Waals surface area contributed by atoms with Gasteiger partial charge in [0.15, 0.2) is 0 Å². The SMILES string of the molecule is Cc1cc(CN(C)C(C)(C)CN)n(C)n1. The Kier molecular flexibility index (Phi) is 3.52. The van der Waals surface area contributed by atoms with Crippen LogP contribution in [0.5, 0.6) is 0 Å². The van der Waals surface area contributed by atoms with E-state index in [0.717, 1.165) is 12.2 Å². The summed E-state index contributed by atoms with van der Waals surface area (Å²) in [5, 5.41) is 4.33. The van der Waals surface area contributed by atoms with Crippen molar-refractivity contribution in [3.8, 4) is 0 Å². The number of rotatable bonds is 4. The number of hydrogen-bond donors (Lipinski definition) is 1. The highest BCUT2D eigenvalue weighted by Gasteiger charge is 2.22. The van der Waals surface area contributed by atoms with E-state index in [1.807, 2.05) is 18.7 Å². The van der Waals surface area contributed by atoms with E-state index in [4.69, 9.17) is 5.73 Å². The lowest BCUT2D eigenvalue weighted by Crippen LogP contribution is -2.46. The average molecular weight is 210 g/mol. The summed E-state index contributed by atoms with van der Waals surface area (Å²) >= 11 is 0. The van der Waals surface area contributed by atoms with E-state index in [-0.39, 0.29) is 5.54 Å². The van der Waals surface area contributed by atoms with Crippen molar-refractivity contribution in [2.24, 2.45) is 12.8 Å². The molecule has 4 heteroatoms. The molecule has 0 saturated carbocycles. The topological polar surface area (TPSA) is 47.1 Å². The van der Waals surface area contributed by atoms with Gasteiger partial charge in [-0.1, -0.05) is 0 Å². The molecule has 86 valence electrons. The zero-order chi connectivity index (χ0) is 11.6. The molecule has 1 aromatic heterocycles. The standard InChI is InChI=1S/C11H22N4/c1-9-6-10(15(5)13-9)7-14(4)11(2,3)8-12/h6H,7-8,12H2,1-5H3. The van der Waals surface area contributed by atoms with Crippen LogP contribution in [0, 0.1) is 6.92 Å². The smallest absolute Gasteiger partial charge is 0.0597 e. The van der Waals surface area contributed by atoms with Crippen molar-refractivity contribution in [1.82, 2.24) is 14.7 Å². The van der Waals surface area contributed by atoms with Crippen molar-refractivity contribution in [2.45, 2.75) is 32.9 Å². The zero-order valence-electron chi connectivity index (χ0n) is 10.4. The molecule has 0 spiro atoms. The summed E-state index contributed by atoms with van der Waals surface area (Å²) < 4.78 is 1.93. The summed E-state index contributed by atoms with van der Waals surface area (Å²) in [6.07, 6.45) is 0. The van der Waals surface area contributed by atoms with Gasteiger partial charge in [-0.2, -0.15) is 5.10 Å². The number of nitrogens with two attached hydrogens (primary N) is 1. The number of aryl methyl sites for hydroxylation is 2. The third-order valence-electron chi connectivity index (χ3n) is 3.03. The molecule has 15 heavy (non-hydrogen) atoms. The monoisotopic (exact) mass is 210 g/mol. The van der Waals surface area contributed by atoms with E-state index in [9.17, 15) is 0 Å². The van der Waals surface area contributed by atoms with Crippen molar-refractivity contribution in [1.29, 1.82) is 0 Å². The molecule has 0 aliphatic heterocycles. The van der Waals surface area contributed by atoms with Gasteiger partial charge in [0, 0.05) is 25.7 Å². The van der Waals surface area contributed by atoms with Crippen LogP contribution in [0.3, 0.4) is 0 Å². The minimum absolute atomic E-state index is 0.0260. The van der Waals surface area contributed by atoms with E-state index in [1.54, 1.807) is 0 Å². The molecule has 1 aromatic rings. The maximum atomic E-state index is 5.74. The summed E-state index contributed by atoms with van der Waals surface area (Å²) in [5.74, 6) is 0. The van der Waals surface area contributed by atoms with E-state index < -0.39 is 0 Å². The molecule has 0 bridgehead atoms. The molecule has 2 N–H and O–H groups in total. The van der Waals surface area contributed by atoms with Crippen molar-refractivity contribution in [2.75, 3.05) is 13.6 Å². The highest BCUT2D eigenvalue weighted by atomic mass is 15.3. The van der Waals surface area contributed by atoms with E-state index >= 15 is 0 Å². The van der Waals surface area contributed by atoms with Crippen LogP contribution in [0.1, 0.15) is 25.2 Å². The minimum Gasteiger partial charge on any atom is -0.329 e. The summed E-state index contributed by atoms with van der Waals surface area (Å²) in [7, 11) is 4.07. The van der Waals surface area contributed by atoms with Crippen LogP contribution in [0.4, 0.5) is 0 Å². The fourth-order valence-electron chi connectivity index (χ4n) is 1.43. The molecule has 0 amide bonds. The van der Waals surface area contributed by atoms with Crippen molar-refractivity contribution in [3.05, 3.63) is 17.5 Å². The predicted octanol–water partition coefficient (Wildman–Crippen LogP) is 0.898. The van der Waals surface area contributed by atoms with Crippen molar-refractivity contribution in [3.63, 3.8) is 0 Å². The highest BCUT2D eigenvalue weighted by molar-refractivity contribution is 5.08. The van der Waals surface area contributed by atoms with Gasteiger partial charge in [0.25, 0.3) is 0 Å². The summed E-state index contributed by atoms with van der Waals surface area (Å²) in [5.41, 5.74) is 8.05. The molecule has 0 aromatic carbocycles. The molecule has 0 saturated heterocycles. The van der Waals surface area contributed by atoms with Gasteiger partial charge in [-0.05, 0) is 33.9 Å². The van der Waals surface area contributed by atoms with Gasteiger partial charge in [-0.25, -0.2) is 0 Å². The second-order valence-corrected chi connectivity index (χ2v) is 4.77. The quantitative estimate of drug-likeness (QED) is 0.803. The second kappa shape index (κ2) is 4.33. The Morgan fingerprint density at radius 1 is 1.53 bits per heavy atom. The molecule has 0 aliphatic rings. The third kappa shape index (κ3) is 2.79. The molecule has 0 atom stereocenters. The molecular formula is C11H22N4. The zero-order valence-corrected chi connectivity index (χ0v) is 10.4. The Morgan fingerprint density at radius 3 is 2.53 bits per heavy atom. The van der Waals surface area contributed by atoms with Gasteiger partial charge < -0.3 is 5.73 Å². The number of hydrogen-bond acceptors (Lipinski definition) is 3. The Morgan fingerprint density at radius 2 is 2.13 bits per heavy atom. The Labute approximate surface area is 92.1 Å². The van der Waals surface area contributed by atoms with E-state index in [1.165, 1.54) is 5.69 Å². The van der Waals surface area contributed by atoms with Crippen LogP contribution in [0.2, 0.25) is 0 Å². The molecule has 0 fully saturated rings. The number of nitrogens with zero attached hydrogens (tertiary/aromatic N) is 3. The molecule has 0 radical (unpaired) electrons. The Balaban J connectivity index is 2.74. The Bertz CT molecular complexity index is 327. The van der Waals surface area contributed by atoms with Gasteiger partial charge in [0.05, 0.1) is 11.4 Å².